The zero-order chi connectivity index (χ0) is 13.2. The van der Waals surface area contributed by atoms with E-state index in [1.54, 1.807) is 24.4 Å². The molecule has 6 heteroatoms. The monoisotopic (exact) mass is 258 g/mol. The lowest BCUT2D eigenvalue weighted by Gasteiger charge is -2.16. The summed E-state index contributed by atoms with van der Waals surface area (Å²) in [6.45, 7) is 0.722. The number of anilines is 1. The Morgan fingerprint density at radius 3 is 2.95 bits per heavy atom. The summed E-state index contributed by atoms with van der Waals surface area (Å²) in [7, 11) is 1.57. The van der Waals surface area contributed by atoms with Gasteiger partial charge in [0.1, 0.15) is 5.82 Å². The van der Waals surface area contributed by atoms with Gasteiger partial charge in [-0.25, -0.2) is 0 Å². The zero-order valence-electron chi connectivity index (χ0n) is 10.6. The summed E-state index contributed by atoms with van der Waals surface area (Å²) in [5.74, 6) is 1.26. The van der Waals surface area contributed by atoms with E-state index < -0.39 is 0 Å². The molecule has 1 saturated heterocycles. The number of ether oxygens (including phenoxy) is 1. The maximum atomic E-state index is 11.7. The smallest absolute Gasteiger partial charge is 0.228 e. The minimum Gasteiger partial charge on any atom is -0.480 e. The van der Waals surface area contributed by atoms with Crippen molar-refractivity contribution in [1.29, 1.82) is 0 Å². The van der Waals surface area contributed by atoms with Crippen LogP contribution in [0.15, 0.2) is 24.5 Å². The van der Waals surface area contributed by atoms with E-state index in [1.807, 2.05) is 12.1 Å². The molecule has 0 saturated carbocycles. The average Bonchev–Trinajstić information content (AvgIpc) is 3.09. The maximum absolute atomic E-state index is 11.7. The van der Waals surface area contributed by atoms with Crippen molar-refractivity contribution in [2.75, 3.05) is 18.6 Å². The predicted molar refractivity (Wildman–Crippen MR) is 70.0 cm³/mol. The Hall–Kier alpha value is -2.37. The van der Waals surface area contributed by atoms with Gasteiger partial charge in [-0.05, 0) is 18.6 Å². The quantitative estimate of drug-likeness (QED) is 0.907. The number of pyridine rings is 1. The largest absolute Gasteiger partial charge is 0.480 e. The molecule has 3 heterocycles. The molecule has 1 N–H and O–H groups in total. The van der Waals surface area contributed by atoms with Gasteiger partial charge in [0.15, 0.2) is 0 Å². The van der Waals surface area contributed by atoms with Crippen LogP contribution in [0.25, 0.3) is 11.1 Å². The Kier molecular flexibility index (Phi) is 2.91. The van der Waals surface area contributed by atoms with E-state index in [-0.39, 0.29) is 5.91 Å². The van der Waals surface area contributed by atoms with E-state index in [0.29, 0.717) is 18.1 Å². The summed E-state index contributed by atoms with van der Waals surface area (Å²) in [6, 6.07) is 3.74. The van der Waals surface area contributed by atoms with Crippen LogP contribution in [0.1, 0.15) is 12.8 Å². The molecule has 0 atom stereocenters. The van der Waals surface area contributed by atoms with Crippen LogP contribution in [0.3, 0.4) is 0 Å². The summed E-state index contributed by atoms with van der Waals surface area (Å²) in [6.07, 6.45) is 4.96. The van der Waals surface area contributed by atoms with Crippen molar-refractivity contribution >= 4 is 11.7 Å². The molecule has 98 valence electrons. The van der Waals surface area contributed by atoms with Gasteiger partial charge < -0.3 is 4.74 Å². The van der Waals surface area contributed by atoms with E-state index in [0.717, 1.165) is 24.1 Å². The second-order valence-electron chi connectivity index (χ2n) is 4.36. The minimum atomic E-state index is 0.116. The number of hydrogen-bond acceptors (Lipinski definition) is 4. The Labute approximate surface area is 110 Å². The third kappa shape index (κ3) is 2.05. The molecule has 0 radical (unpaired) electrons. The Morgan fingerprint density at radius 1 is 1.42 bits per heavy atom. The molecular formula is C13H14N4O2. The molecular weight excluding hydrogens is 244 g/mol. The molecule has 0 unspecified atom stereocenters. The first-order valence-electron chi connectivity index (χ1n) is 6.14. The maximum Gasteiger partial charge on any atom is 0.228 e. The standard InChI is InChI=1S/C13H14N4O2/c1-19-13-10(9-7-14-15-8-9)4-5-11(16-13)17-6-2-3-12(17)18/h4-5,7-8H,2-3,6H2,1H3,(H,14,15). The van der Waals surface area contributed by atoms with E-state index in [4.69, 9.17) is 4.74 Å². The van der Waals surface area contributed by atoms with Crippen LogP contribution in [0.5, 0.6) is 5.88 Å². The van der Waals surface area contributed by atoms with Crippen LogP contribution < -0.4 is 9.64 Å². The minimum absolute atomic E-state index is 0.116. The van der Waals surface area contributed by atoms with Crippen LogP contribution in [-0.4, -0.2) is 34.7 Å². The number of rotatable bonds is 3. The highest BCUT2D eigenvalue weighted by atomic mass is 16.5. The SMILES string of the molecule is COc1nc(N2CCCC2=O)ccc1-c1cn[nH]c1. The van der Waals surface area contributed by atoms with Gasteiger partial charge in [0.25, 0.3) is 0 Å². The number of nitrogens with zero attached hydrogens (tertiary/aromatic N) is 3. The molecule has 19 heavy (non-hydrogen) atoms. The van der Waals surface area contributed by atoms with Crippen molar-refractivity contribution in [2.24, 2.45) is 0 Å². The Morgan fingerprint density at radius 2 is 2.32 bits per heavy atom. The van der Waals surface area contributed by atoms with Crippen LogP contribution in [0, 0.1) is 0 Å². The van der Waals surface area contributed by atoms with Crippen molar-refractivity contribution in [3.05, 3.63) is 24.5 Å². The Bertz CT molecular complexity index is 595. The van der Waals surface area contributed by atoms with Crippen molar-refractivity contribution in [2.45, 2.75) is 12.8 Å². The molecule has 2 aromatic heterocycles. The number of methoxy groups -OCH3 is 1. The fourth-order valence-corrected chi connectivity index (χ4v) is 2.24. The van der Waals surface area contributed by atoms with Gasteiger partial charge in [-0.15, -0.1) is 0 Å². The third-order valence-corrected chi connectivity index (χ3v) is 3.20. The summed E-state index contributed by atoms with van der Waals surface area (Å²) in [5, 5.41) is 6.67. The molecule has 2 aromatic rings. The van der Waals surface area contributed by atoms with Gasteiger partial charge in [0, 0.05) is 30.3 Å². The third-order valence-electron chi connectivity index (χ3n) is 3.20. The summed E-state index contributed by atoms with van der Waals surface area (Å²) in [5.41, 5.74) is 1.76. The van der Waals surface area contributed by atoms with Crippen molar-refractivity contribution in [1.82, 2.24) is 15.2 Å². The lowest BCUT2D eigenvalue weighted by molar-refractivity contribution is -0.117. The van der Waals surface area contributed by atoms with Gasteiger partial charge in [0.2, 0.25) is 11.8 Å². The highest BCUT2D eigenvalue weighted by Gasteiger charge is 2.23. The van der Waals surface area contributed by atoms with Crippen molar-refractivity contribution in [3.63, 3.8) is 0 Å². The van der Waals surface area contributed by atoms with Gasteiger partial charge >= 0.3 is 0 Å². The van der Waals surface area contributed by atoms with Crippen molar-refractivity contribution < 1.29 is 9.53 Å². The average molecular weight is 258 g/mol. The lowest BCUT2D eigenvalue weighted by Crippen LogP contribution is -2.24. The first-order chi connectivity index (χ1) is 9.29. The molecule has 0 aromatic carbocycles. The first-order valence-corrected chi connectivity index (χ1v) is 6.14. The van der Waals surface area contributed by atoms with Gasteiger partial charge in [0.05, 0.1) is 13.3 Å². The van der Waals surface area contributed by atoms with Gasteiger partial charge in [-0.2, -0.15) is 10.1 Å². The second-order valence-corrected chi connectivity index (χ2v) is 4.36. The van der Waals surface area contributed by atoms with E-state index >= 15 is 0 Å². The molecule has 6 nitrogen and oxygen atoms in total. The van der Waals surface area contributed by atoms with E-state index in [1.165, 1.54) is 0 Å². The summed E-state index contributed by atoms with van der Waals surface area (Å²) >= 11 is 0. The molecule has 0 aliphatic carbocycles. The summed E-state index contributed by atoms with van der Waals surface area (Å²) < 4.78 is 5.31. The Balaban J connectivity index is 2.00. The first kappa shape index (κ1) is 11.7. The van der Waals surface area contributed by atoms with Crippen LogP contribution in [0.2, 0.25) is 0 Å². The number of H-pyrrole nitrogens is 1. The van der Waals surface area contributed by atoms with Gasteiger partial charge in [-0.3, -0.25) is 14.8 Å². The number of nitrogens with one attached hydrogen (secondary N) is 1. The number of aromatic nitrogens is 3. The number of amides is 1. The topological polar surface area (TPSA) is 71.1 Å². The predicted octanol–water partition coefficient (Wildman–Crippen LogP) is 1.61. The molecule has 1 fully saturated rings. The molecule has 0 bridgehead atoms. The zero-order valence-corrected chi connectivity index (χ0v) is 10.6. The van der Waals surface area contributed by atoms with Crippen molar-refractivity contribution in [3.8, 4) is 17.0 Å². The number of carbonyl (C=O) groups is 1. The highest BCUT2D eigenvalue weighted by molar-refractivity contribution is 5.94. The number of carbonyl (C=O) groups excluding carboxylic acids is 1. The second kappa shape index (κ2) is 4.72. The molecule has 1 aliphatic heterocycles. The highest BCUT2D eigenvalue weighted by Crippen LogP contribution is 2.31. The molecule has 1 amide bonds. The van der Waals surface area contributed by atoms with Gasteiger partial charge in [-0.1, -0.05) is 0 Å². The normalized spacial score (nSPS) is 15.0. The van der Waals surface area contributed by atoms with E-state index in [9.17, 15) is 4.79 Å². The van der Waals surface area contributed by atoms with E-state index in [2.05, 4.69) is 15.2 Å². The molecule has 1 aliphatic rings. The fraction of sp³-hybridized carbons (Fsp3) is 0.308. The van der Waals surface area contributed by atoms with Crippen LogP contribution in [-0.2, 0) is 4.79 Å². The number of hydrogen-bond donors (Lipinski definition) is 1. The van der Waals surface area contributed by atoms with Crippen LogP contribution in [0.4, 0.5) is 5.82 Å². The molecule has 3 rings (SSSR count). The summed E-state index contributed by atoms with van der Waals surface area (Å²) in [4.78, 5) is 17.8. The lowest BCUT2D eigenvalue weighted by atomic mass is 10.1. The van der Waals surface area contributed by atoms with Crippen LogP contribution >= 0.6 is 0 Å². The molecule has 0 spiro atoms. The number of aromatic amines is 1. The fourth-order valence-electron chi connectivity index (χ4n) is 2.24.